The molecule has 0 spiro atoms. The largest absolute Gasteiger partial charge is 0.315 e. The second-order valence-electron chi connectivity index (χ2n) is 6.68. The van der Waals surface area contributed by atoms with Crippen molar-refractivity contribution in [2.24, 2.45) is 5.92 Å². The van der Waals surface area contributed by atoms with Gasteiger partial charge in [0.2, 0.25) is 0 Å². The van der Waals surface area contributed by atoms with Crippen molar-refractivity contribution in [1.29, 1.82) is 0 Å². The third-order valence-corrected chi connectivity index (χ3v) is 4.90. The predicted octanol–water partition coefficient (Wildman–Crippen LogP) is 2.18. The Labute approximate surface area is 119 Å². The summed E-state index contributed by atoms with van der Waals surface area (Å²) in [5, 5.41) is 3.68. The maximum atomic E-state index is 3.68. The molecule has 0 unspecified atom stereocenters. The van der Waals surface area contributed by atoms with E-state index in [0.717, 1.165) is 5.92 Å². The summed E-state index contributed by atoms with van der Waals surface area (Å²) in [4.78, 5) is 5.21. The van der Waals surface area contributed by atoms with E-state index >= 15 is 0 Å². The van der Waals surface area contributed by atoms with Crippen molar-refractivity contribution in [3.05, 3.63) is 0 Å². The number of nitrogens with zero attached hydrogens (tertiary/aromatic N) is 2. The van der Waals surface area contributed by atoms with Gasteiger partial charge in [0.05, 0.1) is 0 Å². The lowest BCUT2D eigenvalue weighted by Gasteiger charge is -2.37. The molecule has 1 aliphatic carbocycles. The van der Waals surface area contributed by atoms with Gasteiger partial charge in [-0.2, -0.15) is 0 Å². The first-order chi connectivity index (χ1) is 9.25. The number of hydrogen-bond acceptors (Lipinski definition) is 3. The number of nitrogens with one attached hydrogen (secondary N) is 1. The first kappa shape index (κ1) is 15.3. The van der Waals surface area contributed by atoms with E-state index in [4.69, 9.17) is 0 Å². The van der Waals surface area contributed by atoms with Gasteiger partial charge in [-0.25, -0.2) is 0 Å². The lowest BCUT2D eigenvalue weighted by molar-refractivity contribution is 0.109. The van der Waals surface area contributed by atoms with Gasteiger partial charge in [0.15, 0.2) is 0 Å². The predicted molar refractivity (Wildman–Crippen MR) is 82.6 cm³/mol. The summed E-state index contributed by atoms with van der Waals surface area (Å²) in [6, 6.07) is 0.714. The highest BCUT2D eigenvalue weighted by Crippen LogP contribution is 2.22. The van der Waals surface area contributed by atoms with E-state index < -0.39 is 0 Å². The molecule has 0 aromatic carbocycles. The minimum absolute atomic E-state index is 0.714. The molecule has 0 bridgehead atoms. The van der Waals surface area contributed by atoms with E-state index in [1.54, 1.807) is 0 Å². The van der Waals surface area contributed by atoms with Crippen LogP contribution in [0.3, 0.4) is 0 Å². The summed E-state index contributed by atoms with van der Waals surface area (Å²) in [6.45, 7) is 13.3. The summed E-state index contributed by atoms with van der Waals surface area (Å²) in [5.74, 6) is 0.964. The van der Waals surface area contributed by atoms with Gasteiger partial charge >= 0.3 is 0 Å². The van der Waals surface area contributed by atoms with Gasteiger partial charge in [-0.1, -0.05) is 19.3 Å². The SMILES string of the molecule is CC(C)N1CCN(CCNCC2CCCCC2)CC1. The summed E-state index contributed by atoms with van der Waals surface area (Å²) in [6.07, 6.45) is 7.31. The fourth-order valence-corrected chi connectivity index (χ4v) is 3.44. The Balaban J connectivity index is 1.49. The Morgan fingerprint density at radius 2 is 1.68 bits per heavy atom. The Kier molecular flexibility index (Phi) is 6.62. The van der Waals surface area contributed by atoms with Crippen LogP contribution in [0, 0.1) is 5.92 Å². The summed E-state index contributed by atoms with van der Waals surface area (Å²) < 4.78 is 0. The van der Waals surface area contributed by atoms with Gasteiger partial charge in [-0.3, -0.25) is 9.80 Å². The first-order valence-electron chi connectivity index (χ1n) is 8.43. The third kappa shape index (κ3) is 5.41. The smallest absolute Gasteiger partial charge is 0.0113 e. The highest BCUT2D eigenvalue weighted by Gasteiger charge is 2.18. The van der Waals surface area contributed by atoms with Crippen molar-refractivity contribution in [2.75, 3.05) is 45.8 Å². The van der Waals surface area contributed by atoms with E-state index in [1.165, 1.54) is 77.9 Å². The molecule has 3 nitrogen and oxygen atoms in total. The maximum absolute atomic E-state index is 3.68. The average molecular weight is 267 g/mol. The zero-order valence-electron chi connectivity index (χ0n) is 13.0. The molecule has 1 heterocycles. The number of hydrogen-bond donors (Lipinski definition) is 1. The molecule has 0 aromatic heterocycles. The van der Waals surface area contributed by atoms with E-state index in [0.29, 0.717) is 6.04 Å². The fourth-order valence-electron chi connectivity index (χ4n) is 3.44. The van der Waals surface area contributed by atoms with Gasteiger partial charge < -0.3 is 5.32 Å². The highest BCUT2D eigenvalue weighted by molar-refractivity contribution is 4.75. The topological polar surface area (TPSA) is 18.5 Å². The molecule has 0 amide bonds. The zero-order chi connectivity index (χ0) is 13.5. The highest BCUT2D eigenvalue weighted by atomic mass is 15.3. The van der Waals surface area contributed by atoms with Crippen molar-refractivity contribution in [2.45, 2.75) is 52.0 Å². The summed E-state index contributed by atoms with van der Waals surface area (Å²) >= 11 is 0. The molecule has 3 heteroatoms. The van der Waals surface area contributed by atoms with Gasteiger partial charge in [0.1, 0.15) is 0 Å². The molecule has 1 aliphatic heterocycles. The Morgan fingerprint density at radius 1 is 1.00 bits per heavy atom. The van der Waals surface area contributed by atoms with Crippen LogP contribution in [0.4, 0.5) is 0 Å². The zero-order valence-corrected chi connectivity index (χ0v) is 13.0. The fraction of sp³-hybridized carbons (Fsp3) is 1.00. The Morgan fingerprint density at radius 3 is 2.32 bits per heavy atom. The molecule has 2 rings (SSSR count). The standard InChI is InChI=1S/C16H33N3/c1-15(2)19-12-10-18(11-13-19)9-8-17-14-16-6-4-3-5-7-16/h15-17H,3-14H2,1-2H3. The quantitative estimate of drug-likeness (QED) is 0.744. The van der Waals surface area contributed by atoms with Crippen LogP contribution in [0.5, 0.6) is 0 Å². The van der Waals surface area contributed by atoms with Gasteiger partial charge in [0.25, 0.3) is 0 Å². The molecule has 2 fully saturated rings. The number of piperazine rings is 1. The molecular formula is C16H33N3. The van der Waals surface area contributed by atoms with Crippen LogP contribution in [-0.2, 0) is 0 Å². The van der Waals surface area contributed by atoms with E-state index in [1.807, 2.05) is 0 Å². The molecule has 1 saturated heterocycles. The molecular weight excluding hydrogens is 234 g/mol. The van der Waals surface area contributed by atoms with Crippen molar-refractivity contribution in [3.8, 4) is 0 Å². The van der Waals surface area contributed by atoms with Crippen molar-refractivity contribution in [1.82, 2.24) is 15.1 Å². The van der Waals surface area contributed by atoms with Crippen LogP contribution < -0.4 is 5.32 Å². The summed E-state index contributed by atoms with van der Waals surface area (Å²) in [5.41, 5.74) is 0. The molecule has 19 heavy (non-hydrogen) atoms. The Bertz CT molecular complexity index is 228. The van der Waals surface area contributed by atoms with Gasteiger partial charge in [-0.05, 0) is 39.2 Å². The molecule has 1 N–H and O–H groups in total. The number of rotatable bonds is 6. The van der Waals surface area contributed by atoms with E-state index in [9.17, 15) is 0 Å². The second kappa shape index (κ2) is 8.23. The lowest BCUT2D eigenvalue weighted by atomic mass is 9.89. The van der Waals surface area contributed by atoms with Crippen molar-refractivity contribution < 1.29 is 0 Å². The van der Waals surface area contributed by atoms with Crippen molar-refractivity contribution >= 4 is 0 Å². The first-order valence-corrected chi connectivity index (χ1v) is 8.43. The van der Waals surface area contributed by atoms with Crippen LogP contribution in [-0.4, -0.2) is 61.7 Å². The van der Waals surface area contributed by atoms with E-state index in [2.05, 4.69) is 29.0 Å². The molecule has 0 radical (unpaired) electrons. The molecule has 0 atom stereocenters. The van der Waals surface area contributed by atoms with Crippen LogP contribution in [0.2, 0.25) is 0 Å². The molecule has 1 saturated carbocycles. The molecule has 0 aromatic rings. The van der Waals surface area contributed by atoms with Gasteiger partial charge in [0, 0.05) is 45.3 Å². The Hall–Kier alpha value is -0.120. The van der Waals surface area contributed by atoms with Crippen LogP contribution in [0.15, 0.2) is 0 Å². The third-order valence-electron chi connectivity index (χ3n) is 4.90. The van der Waals surface area contributed by atoms with Crippen LogP contribution in [0.1, 0.15) is 46.0 Å². The van der Waals surface area contributed by atoms with Crippen molar-refractivity contribution in [3.63, 3.8) is 0 Å². The average Bonchev–Trinajstić information content (AvgIpc) is 2.45. The minimum atomic E-state index is 0.714. The monoisotopic (exact) mass is 267 g/mol. The minimum Gasteiger partial charge on any atom is -0.315 e. The lowest BCUT2D eigenvalue weighted by Crippen LogP contribution is -2.50. The van der Waals surface area contributed by atoms with E-state index in [-0.39, 0.29) is 0 Å². The maximum Gasteiger partial charge on any atom is 0.0113 e. The molecule has 112 valence electrons. The molecule has 2 aliphatic rings. The van der Waals surface area contributed by atoms with Gasteiger partial charge in [-0.15, -0.1) is 0 Å². The van der Waals surface area contributed by atoms with Crippen LogP contribution in [0.25, 0.3) is 0 Å². The normalized spacial score (nSPS) is 24.2. The second-order valence-corrected chi connectivity index (χ2v) is 6.68. The summed E-state index contributed by atoms with van der Waals surface area (Å²) in [7, 11) is 0. The van der Waals surface area contributed by atoms with Crippen LogP contribution >= 0.6 is 0 Å².